The minimum atomic E-state index is -0.412. The number of anilines is 1. The van der Waals surface area contributed by atoms with Crippen molar-refractivity contribution in [3.63, 3.8) is 0 Å². The van der Waals surface area contributed by atoms with Gasteiger partial charge in [-0.3, -0.25) is 9.69 Å². The third kappa shape index (κ3) is 3.77. The van der Waals surface area contributed by atoms with Crippen LogP contribution in [0.5, 0.6) is 5.75 Å². The van der Waals surface area contributed by atoms with E-state index in [1.165, 1.54) is 11.0 Å². The van der Waals surface area contributed by atoms with Crippen molar-refractivity contribution >= 4 is 34.4 Å². The van der Waals surface area contributed by atoms with Gasteiger partial charge in [0, 0.05) is 19.5 Å². The van der Waals surface area contributed by atoms with E-state index in [9.17, 15) is 9.59 Å². The van der Waals surface area contributed by atoms with Crippen LogP contribution in [-0.2, 0) is 16.0 Å². The first-order valence-electron chi connectivity index (χ1n) is 8.35. The summed E-state index contributed by atoms with van der Waals surface area (Å²) in [5, 5.41) is 0.461. The molecule has 0 N–H and O–H groups in total. The molecule has 2 aromatic rings. The zero-order valence-electron chi connectivity index (χ0n) is 14.9. The number of rotatable bonds is 5. The molecule has 0 saturated heterocycles. The van der Waals surface area contributed by atoms with Gasteiger partial charge in [-0.05, 0) is 43.2 Å². The van der Waals surface area contributed by atoms with Gasteiger partial charge in [-0.25, -0.2) is 9.78 Å². The van der Waals surface area contributed by atoms with Crippen LogP contribution in [0.1, 0.15) is 33.4 Å². The standard InChI is InChI=1S/C19H20N2O4S/c1-4-24-18(23)17-12(2)20-19(26-17)21(3)16(22)8-6-13-5-7-15-14(11-13)9-10-25-15/h5-8,11H,4,9-10H2,1-3H3. The predicted octanol–water partition coefficient (Wildman–Crippen LogP) is 3.24. The van der Waals surface area contributed by atoms with Crippen LogP contribution in [-0.4, -0.2) is 37.1 Å². The summed E-state index contributed by atoms with van der Waals surface area (Å²) in [4.78, 5) is 30.5. The molecule has 6 nitrogen and oxygen atoms in total. The first-order valence-corrected chi connectivity index (χ1v) is 9.17. The molecule has 0 atom stereocenters. The highest BCUT2D eigenvalue weighted by atomic mass is 32.1. The fourth-order valence-electron chi connectivity index (χ4n) is 2.60. The Kier molecular flexibility index (Phi) is 5.37. The lowest BCUT2D eigenvalue weighted by Gasteiger charge is -2.10. The number of ether oxygens (including phenoxy) is 2. The van der Waals surface area contributed by atoms with E-state index >= 15 is 0 Å². The van der Waals surface area contributed by atoms with Crippen molar-refractivity contribution in [2.75, 3.05) is 25.2 Å². The van der Waals surface area contributed by atoms with Gasteiger partial charge in [-0.2, -0.15) is 0 Å². The highest BCUT2D eigenvalue weighted by Gasteiger charge is 2.20. The van der Waals surface area contributed by atoms with Gasteiger partial charge >= 0.3 is 5.97 Å². The Bertz CT molecular complexity index is 872. The molecule has 1 aromatic heterocycles. The molecule has 26 heavy (non-hydrogen) atoms. The maximum atomic E-state index is 12.4. The zero-order chi connectivity index (χ0) is 18.7. The minimum Gasteiger partial charge on any atom is -0.493 e. The van der Waals surface area contributed by atoms with E-state index < -0.39 is 5.97 Å². The Hall–Kier alpha value is -2.67. The minimum absolute atomic E-state index is 0.217. The van der Waals surface area contributed by atoms with E-state index in [0.717, 1.165) is 34.6 Å². The molecule has 1 amide bonds. The molecule has 0 spiro atoms. The van der Waals surface area contributed by atoms with Crippen LogP contribution in [0.2, 0.25) is 0 Å². The average molecular weight is 372 g/mol. The van der Waals surface area contributed by atoms with E-state index in [4.69, 9.17) is 9.47 Å². The highest BCUT2D eigenvalue weighted by molar-refractivity contribution is 7.17. The van der Waals surface area contributed by atoms with Crippen molar-refractivity contribution in [1.82, 2.24) is 4.98 Å². The monoisotopic (exact) mass is 372 g/mol. The number of carbonyl (C=O) groups is 2. The first kappa shape index (κ1) is 18.1. The van der Waals surface area contributed by atoms with E-state index in [-0.39, 0.29) is 5.91 Å². The third-order valence-corrected chi connectivity index (χ3v) is 5.21. The van der Waals surface area contributed by atoms with Crippen LogP contribution in [0.25, 0.3) is 6.08 Å². The quantitative estimate of drug-likeness (QED) is 0.595. The number of fused-ring (bicyclic) bond motifs is 1. The Labute approximate surface area is 156 Å². The van der Waals surface area contributed by atoms with Crippen LogP contribution < -0.4 is 9.64 Å². The molecule has 1 aliphatic rings. The van der Waals surface area contributed by atoms with Crippen molar-refractivity contribution in [3.8, 4) is 5.75 Å². The molecule has 7 heteroatoms. The number of nitrogens with zero attached hydrogens (tertiary/aromatic N) is 2. The fourth-order valence-corrected chi connectivity index (χ4v) is 3.52. The molecule has 3 rings (SSSR count). The third-order valence-electron chi connectivity index (χ3n) is 4.00. The van der Waals surface area contributed by atoms with E-state index in [1.54, 1.807) is 27.0 Å². The van der Waals surface area contributed by atoms with Gasteiger partial charge in [0.2, 0.25) is 0 Å². The summed E-state index contributed by atoms with van der Waals surface area (Å²) in [5.41, 5.74) is 2.66. The number of hydrogen-bond donors (Lipinski definition) is 0. The Morgan fingerprint density at radius 3 is 3.00 bits per heavy atom. The number of thiazole rings is 1. The van der Waals surface area contributed by atoms with Crippen molar-refractivity contribution < 1.29 is 19.1 Å². The normalized spacial score (nSPS) is 12.7. The lowest BCUT2D eigenvalue weighted by atomic mass is 10.1. The summed E-state index contributed by atoms with van der Waals surface area (Å²) < 4.78 is 10.5. The van der Waals surface area contributed by atoms with Gasteiger partial charge in [0.15, 0.2) is 5.13 Å². The van der Waals surface area contributed by atoms with E-state index in [1.807, 2.05) is 18.2 Å². The van der Waals surface area contributed by atoms with Crippen molar-refractivity contribution in [2.45, 2.75) is 20.3 Å². The number of hydrogen-bond acceptors (Lipinski definition) is 6. The second-order valence-electron chi connectivity index (χ2n) is 5.83. The fraction of sp³-hybridized carbons (Fsp3) is 0.316. The van der Waals surface area contributed by atoms with Crippen molar-refractivity contribution in [3.05, 3.63) is 46.0 Å². The number of aryl methyl sites for hydroxylation is 1. The molecule has 2 heterocycles. The Balaban J connectivity index is 1.71. The SMILES string of the molecule is CCOC(=O)c1sc(N(C)C(=O)C=Cc2ccc3c(c2)CCO3)nc1C. The number of aromatic nitrogens is 1. The van der Waals surface area contributed by atoms with Crippen LogP contribution in [0.3, 0.4) is 0 Å². The maximum Gasteiger partial charge on any atom is 0.350 e. The van der Waals surface area contributed by atoms with Crippen LogP contribution in [0, 0.1) is 6.92 Å². The zero-order valence-corrected chi connectivity index (χ0v) is 15.8. The summed E-state index contributed by atoms with van der Waals surface area (Å²) in [5.74, 6) is 0.284. The van der Waals surface area contributed by atoms with Gasteiger partial charge in [-0.1, -0.05) is 17.4 Å². The molecule has 0 aliphatic carbocycles. The summed E-state index contributed by atoms with van der Waals surface area (Å²) in [6, 6.07) is 5.87. The Morgan fingerprint density at radius 1 is 1.42 bits per heavy atom. The first-order chi connectivity index (χ1) is 12.5. The number of esters is 1. The van der Waals surface area contributed by atoms with Crippen LogP contribution in [0.4, 0.5) is 5.13 Å². The average Bonchev–Trinajstić information content (AvgIpc) is 3.25. The Morgan fingerprint density at radius 2 is 2.23 bits per heavy atom. The molecule has 1 aliphatic heterocycles. The summed E-state index contributed by atoms with van der Waals surface area (Å²) >= 11 is 1.15. The largest absolute Gasteiger partial charge is 0.493 e. The molecular formula is C19H20N2O4S. The summed E-state index contributed by atoms with van der Waals surface area (Å²) in [7, 11) is 1.64. The second kappa shape index (κ2) is 7.70. The predicted molar refractivity (Wildman–Crippen MR) is 101 cm³/mol. The molecule has 0 fully saturated rings. The topological polar surface area (TPSA) is 68.7 Å². The van der Waals surface area contributed by atoms with E-state index in [2.05, 4.69) is 4.98 Å². The number of carbonyl (C=O) groups excluding carboxylic acids is 2. The lowest BCUT2D eigenvalue weighted by Crippen LogP contribution is -2.23. The molecule has 0 radical (unpaired) electrons. The molecule has 0 saturated carbocycles. The number of amides is 1. The highest BCUT2D eigenvalue weighted by Crippen LogP contribution is 2.27. The molecule has 0 unspecified atom stereocenters. The maximum absolute atomic E-state index is 12.4. The van der Waals surface area contributed by atoms with Crippen molar-refractivity contribution in [2.24, 2.45) is 0 Å². The van der Waals surface area contributed by atoms with Gasteiger partial charge < -0.3 is 9.47 Å². The van der Waals surface area contributed by atoms with Crippen LogP contribution >= 0.6 is 11.3 Å². The van der Waals surface area contributed by atoms with Crippen molar-refractivity contribution in [1.29, 1.82) is 0 Å². The summed E-state index contributed by atoms with van der Waals surface area (Å²) in [6.07, 6.45) is 4.16. The number of benzene rings is 1. The molecule has 0 bridgehead atoms. The van der Waals surface area contributed by atoms with Gasteiger partial charge in [0.1, 0.15) is 10.6 Å². The summed E-state index contributed by atoms with van der Waals surface area (Å²) in [6.45, 7) is 4.49. The number of likely N-dealkylation sites (N-methyl/N-ethyl adjacent to an activating group) is 1. The van der Waals surface area contributed by atoms with Crippen LogP contribution in [0.15, 0.2) is 24.3 Å². The smallest absolute Gasteiger partial charge is 0.350 e. The molecular weight excluding hydrogens is 352 g/mol. The van der Waals surface area contributed by atoms with Gasteiger partial charge in [-0.15, -0.1) is 0 Å². The second-order valence-corrected chi connectivity index (χ2v) is 6.81. The molecule has 1 aromatic carbocycles. The molecule has 136 valence electrons. The van der Waals surface area contributed by atoms with Gasteiger partial charge in [0.25, 0.3) is 5.91 Å². The lowest BCUT2D eigenvalue weighted by molar-refractivity contribution is -0.113. The van der Waals surface area contributed by atoms with Gasteiger partial charge in [0.05, 0.1) is 18.9 Å². The van der Waals surface area contributed by atoms with E-state index in [0.29, 0.717) is 28.9 Å².